The summed E-state index contributed by atoms with van der Waals surface area (Å²) in [5, 5.41) is 9.74. The number of aryl methyl sites for hydroxylation is 1. The van der Waals surface area contributed by atoms with Gasteiger partial charge in [-0.15, -0.1) is 0 Å². The molecule has 0 heterocycles. The molecule has 0 saturated carbocycles. The Kier molecular flexibility index (Phi) is 2.78. The monoisotopic (exact) mass is 181 g/mol. The lowest BCUT2D eigenvalue weighted by Crippen LogP contribution is -2.07. The number of benzene rings is 1. The van der Waals surface area contributed by atoms with Crippen LogP contribution in [0.25, 0.3) is 0 Å². The van der Waals surface area contributed by atoms with Crippen molar-refractivity contribution in [2.24, 2.45) is 5.73 Å². The van der Waals surface area contributed by atoms with Crippen LogP contribution >= 0.6 is 0 Å². The highest BCUT2D eigenvalue weighted by molar-refractivity contribution is 5.50. The maximum absolute atomic E-state index is 9.74. The zero-order valence-electron chi connectivity index (χ0n) is 8.16. The van der Waals surface area contributed by atoms with E-state index >= 15 is 0 Å². The lowest BCUT2D eigenvalue weighted by molar-refractivity contribution is 0.368. The van der Waals surface area contributed by atoms with Gasteiger partial charge in [0.15, 0.2) is 11.5 Å². The highest BCUT2D eigenvalue weighted by atomic mass is 16.5. The van der Waals surface area contributed by atoms with Gasteiger partial charge in [-0.05, 0) is 25.5 Å². The van der Waals surface area contributed by atoms with Gasteiger partial charge in [0.25, 0.3) is 0 Å². The van der Waals surface area contributed by atoms with Crippen LogP contribution < -0.4 is 10.5 Å². The van der Waals surface area contributed by atoms with Gasteiger partial charge >= 0.3 is 0 Å². The van der Waals surface area contributed by atoms with Crippen LogP contribution in [0.4, 0.5) is 0 Å². The van der Waals surface area contributed by atoms with Crippen molar-refractivity contribution in [2.75, 3.05) is 7.11 Å². The van der Waals surface area contributed by atoms with Crippen molar-refractivity contribution in [1.29, 1.82) is 0 Å². The number of hydrogen-bond donors (Lipinski definition) is 2. The Balaban J connectivity index is 3.30. The van der Waals surface area contributed by atoms with Gasteiger partial charge in [0.1, 0.15) is 0 Å². The Morgan fingerprint density at radius 1 is 1.46 bits per heavy atom. The highest BCUT2D eigenvalue weighted by Crippen LogP contribution is 2.34. The first-order chi connectivity index (χ1) is 6.07. The van der Waals surface area contributed by atoms with E-state index < -0.39 is 0 Å². The number of phenols is 1. The Bertz CT molecular complexity index is 308. The first kappa shape index (κ1) is 9.86. The maximum atomic E-state index is 9.74. The zero-order chi connectivity index (χ0) is 10.0. The summed E-state index contributed by atoms with van der Waals surface area (Å²) in [5.74, 6) is 0.621. The molecule has 3 nitrogen and oxygen atoms in total. The molecule has 1 rings (SSSR count). The Hall–Kier alpha value is -1.22. The van der Waals surface area contributed by atoms with Gasteiger partial charge in [0.2, 0.25) is 0 Å². The van der Waals surface area contributed by atoms with Gasteiger partial charge in [-0.25, -0.2) is 0 Å². The zero-order valence-corrected chi connectivity index (χ0v) is 8.16. The molecule has 1 aromatic carbocycles. The Labute approximate surface area is 78.1 Å². The summed E-state index contributed by atoms with van der Waals surface area (Å²) < 4.78 is 4.99. The normalized spacial score (nSPS) is 12.6. The van der Waals surface area contributed by atoms with Gasteiger partial charge in [0, 0.05) is 11.6 Å². The minimum absolute atomic E-state index is 0.150. The van der Waals surface area contributed by atoms with Crippen molar-refractivity contribution in [3.63, 3.8) is 0 Å². The summed E-state index contributed by atoms with van der Waals surface area (Å²) >= 11 is 0. The molecule has 13 heavy (non-hydrogen) atoms. The van der Waals surface area contributed by atoms with Gasteiger partial charge < -0.3 is 15.6 Å². The fourth-order valence-electron chi connectivity index (χ4n) is 1.43. The van der Waals surface area contributed by atoms with Crippen LogP contribution in [-0.4, -0.2) is 12.2 Å². The van der Waals surface area contributed by atoms with Crippen LogP contribution in [0.2, 0.25) is 0 Å². The van der Waals surface area contributed by atoms with E-state index in [1.807, 2.05) is 19.9 Å². The number of ether oxygens (including phenoxy) is 1. The first-order valence-corrected chi connectivity index (χ1v) is 4.20. The fourth-order valence-corrected chi connectivity index (χ4v) is 1.43. The van der Waals surface area contributed by atoms with E-state index in [0.29, 0.717) is 5.75 Å². The first-order valence-electron chi connectivity index (χ1n) is 4.20. The fraction of sp³-hybridized carbons (Fsp3) is 0.400. The van der Waals surface area contributed by atoms with E-state index in [-0.39, 0.29) is 11.8 Å². The van der Waals surface area contributed by atoms with Crippen LogP contribution in [-0.2, 0) is 0 Å². The number of nitrogens with two attached hydrogens (primary N) is 1. The number of hydrogen-bond acceptors (Lipinski definition) is 3. The van der Waals surface area contributed by atoms with Gasteiger partial charge in [-0.2, -0.15) is 0 Å². The largest absolute Gasteiger partial charge is 0.504 e. The minimum atomic E-state index is -0.185. The number of methoxy groups -OCH3 is 1. The molecule has 3 N–H and O–H groups in total. The maximum Gasteiger partial charge on any atom is 0.162 e. The molecule has 1 aromatic rings. The highest BCUT2D eigenvalue weighted by Gasteiger charge is 2.13. The van der Waals surface area contributed by atoms with E-state index in [1.54, 1.807) is 6.07 Å². The molecule has 0 aliphatic rings. The molecular weight excluding hydrogens is 166 g/mol. The third kappa shape index (κ3) is 1.75. The van der Waals surface area contributed by atoms with Crippen molar-refractivity contribution >= 4 is 0 Å². The molecule has 0 bridgehead atoms. The van der Waals surface area contributed by atoms with Crippen molar-refractivity contribution in [3.8, 4) is 11.5 Å². The second-order valence-electron chi connectivity index (χ2n) is 3.14. The molecule has 1 atom stereocenters. The molecule has 0 aliphatic heterocycles. The summed E-state index contributed by atoms with van der Waals surface area (Å²) in [6, 6.07) is 3.43. The second-order valence-corrected chi connectivity index (χ2v) is 3.14. The van der Waals surface area contributed by atoms with Crippen LogP contribution in [0.1, 0.15) is 24.1 Å². The van der Waals surface area contributed by atoms with E-state index in [0.717, 1.165) is 11.1 Å². The van der Waals surface area contributed by atoms with Crippen molar-refractivity contribution in [1.82, 2.24) is 0 Å². The average molecular weight is 181 g/mol. The lowest BCUT2D eigenvalue weighted by Gasteiger charge is -2.14. The van der Waals surface area contributed by atoms with Crippen molar-refractivity contribution in [2.45, 2.75) is 19.9 Å². The minimum Gasteiger partial charge on any atom is -0.504 e. The predicted molar refractivity (Wildman–Crippen MR) is 52.0 cm³/mol. The topological polar surface area (TPSA) is 55.5 Å². The van der Waals surface area contributed by atoms with E-state index in [4.69, 9.17) is 10.5 Å². The SMILES string of the molecule is COc1ccc(C)c([C@H](C)N)c1O. The molecule has 0 amide bonds. The molecule has 3 heteroatoms. The molecule has 0 radical (unpaired) electrons. The van der Waals surface area contributed by atoms with Gasteiger partial charge in [-0.1, -0.05) is 6.07 Å². The van der Waals surface area contributed by atoms with Crippen LogP contribution in [0.15, 0.2) is 12.1 Å². The van der Waals surface area contributed by atoms with Crippen LogP contribution in [0.3, 0.4) is 0 Å². The van der Waals surface area contributed by atoms with E-state index in [9.17, 15) is 5.11 Å². The Morgan fingerprint density at radius 3 is 2.54 bits per heavy atom. The lowest BCUT2D eigenvalue weighted by atomic mass is 10.0. The quantitative estimate of drug-likeness (QED) is 0.730. The second kappa shape index (κ2) is 3.66. The summed E-state index contributed by atoms with van der Waals surface area (Å²) in [6.07, 6.45) is 0. The van der Waals surface area contributed by atoms with E-state index in [1.165, 1.54) is 7.11 Å². The molecule has 0 aromatic heterocycles. The molecule has 72 valence electrons. The van der Waals surface area contributed by atoms with Gasteiger partial charge in [-0.3, -0.25) is 0 Å². The molecular formula is C10H15NO2. The predicted octanol–water partition coefficient (Wildman–Crippen LogP) is 1.73. The van der Waals surface area contributed by atoms with E-state index in [2.05, 4.69) is 0 Å². The smallest absolute Gasteiger partial charge is 0.162 e. The third-order valence-corrected chi connectivity index (χ3v) is 2.07. The average Bonchev–Trinajstić information content (AvgIpc) is 2.04. The summed E-state index contributed by atoms with van der Waals surface area (Å²) in [5.41, 5.74) is 7.45. The summed E-state index contributed by atoms with van der Waals surface area (Å²) in [4.78, 5) is 0. The van der Waals surface area contributed by atoms with Crippen LogP contribution in [0, 0.1) is 6.92 Å². The van der Waals surface area contributed by atoms with Gasteiger partial charge in [0.05, 0.1) is 7.11 Å². The molecule has 0 spiro atoms. The Morgan fingerprint density at radius 2 is 2.08 bits per heavy atom. The molecule has 0 fully saturated rings. The van der Waals surface area contributed by atoms with Crippen molar-refractivity contribution < 1.29 is 9.84 Å². The van der Waals surface area contributed by atoms with Crippen molar-refractivity contribution in [3.05, 3.63) is 23.3 Å². The summed E-state index contributed by atoms with van der Waals surface area (Å²) in [7, 11) is 1.52. The number of phenolic OH excluding ortho intramolecular Hbond substituents is 1. The standard InChI is InChI=1S/C10H15NO2/c1-6-4-5-8(13-3)10(12)9(6)7(2)11/h4-5,7,12H,11H2,1-3H3/t7-/m0/s1. The van der Waals surface area contributed by atoms with Crippen LogP contribution in [0.5, 0.6) is 11.5 Å². The number of aromatic hydroxyl groups is 1. The summed E-state index contributed by atoms with van der Waals surface area (Å²) in [6.45, 7) is 3.75. The molecule has 0 aliphatic carbocycles. The molecule has 0 unspecified atom stereocenters. The third-order valence-electron chi connectivity index (χ3n) is 2.07. The number of rotatable bonds is 2. The molecule has 0 saturated heterocycles.